The van der Waals surface area contributed by atoms with Gasteiger partial charge in [0.1, 0.15) is 0 Å². The molecule has 1 aliphatic heterocycles. The highest BCUT2D eigenvalue weighted by molar-refractivity contribution is 5.94. The fourth-order valence-electron chi connectivity index (χ4n) is 3.34. The van der Waals surface area contributed by atoms with Crippen molar-refractivity contribution < 1.29 is 4.79 Å². The summed E-state index contributed by atoms with van der Waals surface area (Å²) in [5.41, 5.74) is 3.26. The van der Waals surface area contributed by atoms with Gasteiger partial charge in [-0.1, -0.05) is 42.5 Å². The second kappa shape index (κ2) is 8.97. The van der Waals surface area contributed by atoms with Gasteiger partial charge in [0.25, 0.3) is 5.91 Å². The zero-order valence-electron chi connectivity index (χ0n) is 15.8. The van der Waals surface area contributed by atoms with E-state index in [-0.39, 0.29) is 5.91 Å². The van der Waals surface area contributed by atoms with Crippen LogP contribution in [0.1, 0.15) is 35.3 Å². The number of piperazine rings is 1. The lowest BCUT2D eigenvalue weighted by Crippen LogP contribution is -2.50. The Balaban J connectivity index is 1.48. The van der Waals surface area contributed by atoms with E-state index < -0.39 is 0 Å². The van der Waals surface area contributed by atoms with Crippen LogP contribution in [-0.2, 0) is 13.1 Å². The molecule has 3 rings (SSSR count). The number of rotatable bonds is 6. The molecule has 0 aromatic heterocycles. The topological polar surface area (TPSA) is 35.6 Å². The first-order chi connectivity index (χ1) is 12.6. The highest BCUT2D eigenvalue weighted by Crippen LogP contribution is 2.12. The number of carbonyl (C=O) groups is 1. The summed E-state index contributed by atoms with van der Waals surface area (Å²) < 4.78 is 0. The number of hydrogen-bond donors (Lipinski definition) is 1. The Morgan fingerprint density at radius 1 is 0.885 bits per heavy atom. The van der Waals surface area contributed by atoms with Gasteiger partial charge >= 0.3 is 0 Å². The zero-order chi connectivity index (χ0) is 18.4. The Morgan fingerprint density at radius 2 is 1.46 bits per heavy atom. The number of hydrogen-bond acceptors (Lipinski definition) is 3. The molecule has 0 spiro atoms. The molecule has 0 bridgehead atoms. The quantitative estimate of drug-likeness (QED) is 0.868. The molecule has 4 nitrogen and oxygen atoms in total. The summed E-state index contributed by atoms with van der Waals surface area (Å²) >= 11 is 0. The third kappa shape index (κ3) is 4.93. The summed E-state index contributed by atoms with van der Waals surface area (Å²) in [5, 5.41) is 3.44. The fourth-order valence-corrected chi connectivity index (χ4v) is 3.34. The minimum atomic E-state index is 0.150. The molecule has 1 fully saturated rings. The molecular formula is C22H29N3O. The standard InChI is InChI=1S/C22H29N3O/c1-18(2)24-12-14-25(15-13-24)22(26)21-10-8-20(9-11-21)17-23-16-19-6-4-3-5-7-19/h3-11,18,23H,12-17H2,1-2H3. The van der Waals surface area contributed by atoms with Gasteiger partial charge < -0.3 is 10.2 Å². The second-order valence-corrected chi connectivity index (χ2v) is 7.21. The summed E-state index contributed by atoms with van der Waals surface area (Å²) in [6.45, 7) is 9.63. The van der Waals surface area contributed by atoms with Crippen LogP contribution in [0.25, 0.3) is 0 Å². The lowest BCUT2D eigenvalue weighted by atomic mass is 10.1. The van der Waals surface area contributed by atoms with Crippen molar-refractivity contribution in [3.8, 4) is 0 Å². The van der Waals surface area contributed by atoms with E-state index in [2.05, 4.69) is 60.5 Å². The van der Waals surface area contributed by atoms with Crippen molar-refractivity contribution in [3.63, 3.8) is 0 Å². The van der Waals surface area contributed by atoms with E-state index in [1.165, 1.54) is 11.1 Å². The molecule has 26 heavy (non-hydrogen) atoms. The normalized spacial score (nSPS) is 15.4. The van der Waals surface area contributed by atoms with Crippen molar-refractivity contribution in [3.05, 3.63) is 71.3 Å². The van der Waals surface area contributed by atoms with Crippen LogP contribution in [0, 0.1) is 0 Å². The van der Waals surface area contributed by atoms with Crippen molar-refractivity contribution in [1.82, 2.24) is 15.1 Å². The average molecular weight is 351 g/mol. The zero-order valence-corrected chi connectivity index (χ0v) is 15.8. The lowest BCUT2D eigenvalue weighted by molar-refractivity contribution is 0.0595. The van der Waals surface area contributed by atoms with Crippen LogP contribution in [-0.4, -0.2) is 47.9 Å². The van der Waals surface area contributed by atoms with E-state index in [1.807, 2.05) is 23.1 Å². The second-order valence-electron chi connectivity index (χ2n) is 7.21. The summed E-state index contributed by atoms with van der Waals surface area (Å²) in [6.07, 6.45) is 0. The maximum atomic E-state index is 12.7. The molecule has 1 amide bonds. The van der Waals surface area contributed by atoms with Gasteiger partial charge in [0.05, 0.1) is 0 Å². The minimum absolute atomic E-state index is 0.150. The monoisotopic (exact) mass is 351 g/mol. The number of carbonyl (C=O) groups excluding carboxylic acids is 1. The first-order valence-corrected chi connectivity index (χ1v) is 9.50. The van der Waals surface area contributed by atoms with E-state index in [0.29, 0.717) is 6.04 Å². The summed E-state index contributed by atoms with van der Waals surface area (Å²) in [6, 6.07) is 18.9. The Morgan fingerprint density at radius 3 is 2.04 bits per heavy atom. The Hall–Kier alpha value is -2.17. The number of nitrogens with zero attached hydrogens (tertiary/aromatic N) is 2. The maximum Gasteiger partial charge on any atom is 0.253 e. The van der Waals surface area contributed by atoms with Gasteiger partial charge in [0, 0.05) is 50.9 Å². The van der Waals surface area contributed by atoms with Crippen molar-refractivity contribution in [1.29, 1.82) is 0 Å². The Kier molecular flexibility index (Phi) is 6.42. The SMILES string of the molecule is CC(C)N1CCN(C(=O)c2ccc(CNCc3ccccc3)cc2)CC1. The van der Waals surface area contributed by atoms with Crippen molar-refractivity contribution in [2.24, 2.45) is 0 Å². The molecule has 0 saturated carbocycles. The van der Waals surface area contributed by atoms with Crippen molar-refractivity contribution in [2.75, 3.05) is 26.2 Å². The molecule has 0 radical (unpaired) electrons. The molecule has 4 heteroatoms. The third-order valence-electron chi connectivity index (χ3n) is 5.03. The summed E-state index contributed by atoms with van der Waals surface area (Å²) in [5.74, 6) is 0.150. The van der Waals surface area contributed by atoms with Gasteiger partial charge in [-0.05, 0) is 37.1 Å². The van der Waals surface area contributed by atoms with Crippen LogP contribution in [0.5, 0.6) is 0 Å². The van der Waals surface area contributed by atoms with Gasteiger partial charge in [-0.2, -0.15) is 0 Å². The number of nitrogens with one attached hydrogen (secondary N) is 1. The number of amides is 1. The lowest BCUT2D eigenvalue weighted by Gasteiger charge is -2.37. The Bertz CT molecular complexity index is 689. The van der Waals surface area contributed by atoms with Gasteiger partial charge in [0.2, 0.25) is 0 Å². The van der Waals surface area contributed by atoms with Gasteiger partial charge in [-0.3, -0.25) is 9.69 Å². The van der Waals surface area contributed by atoms with Crippen LogP contribution in [0.4, 0.5) is 0 Å². The molecule has 0 unspecified atom stereocenters. The third-order valence-corrected chi connectivity index (χ3v) is 5.03. The highest BCUT2D eigenvalue weighted by atomic mass is 16.2. The minimum Gasteiger partial charge on any atom is -0.336 e. The molecule has 2 aromatic carbocycles. The van der Waals surface area contributed by atoms with E-state index in [1.54, 1.807) is 0 Å². The largest absolute Gasteiger partial charge is 0.336 e. The molecule has 0 aliphatic carbocycles. The van der Waals surface area contributed by atoms with E-state index in [0.717, 1.165) is 44.8 Å². The van der Waals surface area contributed by atoms with Crippen LogP contribution in [0.3, 0.4) is 0 Å². The number of benzene rings is 2. The summed E-state index contributed by atoms with van der Waals surface area (Å²) in [7, 11) is 0. The molecule has 138 valence electrons. The average Bonchev–Trinajstić information content (AvgIpc) is 2.69. The van der Waals surface area contributed by atoms with Gasteiger partial charge in [-0.25, -0.2) is 0 Å². The van der Waals surface area contributed by atoms with Gasteiger partial charge in [-0.15, -0.1) is 0 Å². The van der Waals surface area contributed by atoms with Crippen LogP contribution in [0.2, 0.25) is 0 Å². The molecular weight excluding hydrogens is 322 g/mol. The molecule has 2 aromatic rings. The first-order valence-electron chi connectivity index (χ1n) is 9.50. The van der Waals surface area contributed by atoms with Crippen LogP contribution >= 0.6 is 0 Å². The van der Waals surface area contributed by atoms with Crippen molar-refractivity contribution >= 4 is 5.91 Å². The van der Waals surface area contributed by atoms with Gasteiger partial charge in [0.15, 0.2) is 0 Å². The van der Waals surface area contributed by atoms with E-state index in [4.69, 9.17) is 0 Å². The smallest absolute Gasteiger partial charge is 0.253 e. The molecule has 0 atom stereocenters. The predicted octanol–water partition coefficient (Wildman–Crippen LogP) is 3.14. The first kappa shape index (κ1) is 18.6. The molecule has 1 heterocycles. The van der Waals surface area contributed by atoms with E-state index >= 15 is 0 Å². The predicted molar refractivity (Wildman–Crippen MR) is 106 cm³/mol. The van der Waals surface area contributed by atoms with Crippen molar-refractivity contribution in [2.45, 2.75) is 33.0 Å². The summed E-state index contributed by atoms with van der Waals surface area (Å²) in [4.78, 5) is 17.1. The van der Waals surface area contributed by atoms with E-state index in [9.17, 15) is 4.79 Å². The van der Waals surface area contributed by atoms with Crippen LogP contribution < -0.4 is 5.32 Å². The molecule has 1 saturated heterocycles. The van der Waals surface area contributed by atoms with Crippen LogP contribution in [0.15, 0.2) is 54.6 Å². The fraction of sp³-hybridized carbons (Fsp3) is 0.409. The highest BCUT2D eigenvalue weighted by Gasteiger charge is 2.23. The Labute approximate surface area is 156 Å². The molecule has 1 N–H and O–H groups in total. The maximum absolute atomic E-state index is 12.7. The molecule has 1 aliphatic rings.